The van der Waals surface area contributed by atoms with Gasteiger partial charge in [0.1, 0.15) is 11.5 Å². The number of rotatable bonds is 9. The molecule has 0 aliphatic carbocycles. The third-order valence-corrected chi connectivity index (χ3v) is 8.47. The van der Waals surface area contributed by atoms with Crippen LogP contribution in [-0.4, -0.2) is 45.4 Å². The summed E-state index contributed by atoms with van der Waals surface area (Å²) in [6.07, 6.45) is 2.99. The third-order valence-electron chi connectivity index (χ3n) is 5.58. The van der Waals surface area contributed by atoms with Crippen LogP contribution in [0.1, 0.15) is 29.3 Å². The molecule has 4 rings (SSSR count). The molecule has 13 heteroatoms. The van der Waals surface area contributed by atoms with E-state index in [2.05, 4.69) is 14.7 Å². The van der Waals surface area contributed by atoms with Crippen LogP contribution in [-0.2, 0) is 20.0 Å². The van der Waals surface area contributed by atoms with Crippen molar-refractivity contribution in [1.82, 2.24) is 14.7 Å². The zero-order chi connectivity index (χ0) is 27.0. The lowest BCUT2D eigenvalue weighted by Crippen LogP contribution is -2.18. The molecule has 3 N–H and O–H groups in total. The van der Waals surface area contributed by atoms with E-state index < -0.39 is 48.7 Å². The summed E-state index contributed by atoms with van der Waals surface area (Å²) in [5.41, 5.74) is -0.378. The standard InChI is InChI=1S/C24H22F2N4O5S2/c1-3-9-36(32,33)30-20-8-7-19(25)21(22(20)26)23(31)18-13-29-24-17(18)11-15(12-28-24)14-5-4-6-16(10-14)37(34,35)27-2/h4-8,10-13,27,30H,3,9H2,1-2H3,(H,28,29). The maximum Gasteiger partial charge on any atom is 0.240 e. The predicted molar refractivity (Wildman–Crippen MR) is 135 cm³/mol. The number of anilines is 1. The Labute approximate surface area is 212 Å². The highest BCUT2D eigenvalue weighted by molar-refractivity contribution is 7.92. The minimum absolute atomic E-state index is 0.0180. The van der Waals surface area contributed by atoms with Gasteiger partial charge in [-0.2, -0.15) is 0 Å². The summed E-state index contributed by atoms with van der Waals surface area (Å²) in [6, 6.07) is 9.30. The van der Waals surface area contributed by atoms with E-state index in [-0.39, 0.29) is 33.7 Å². The third kappa shape index (κ3) is 5.24. The maximum atomic E-state index is 15.2. The fraction of sp³-hybridized carbons (Fsp3) is 0.167. The van der Waals surface area contributed by atoms with Crippen LogP contribution in [0.3, 0.4) is 0 Å². The van der Waals surface area contributed by atoms with Gasteiger partial charge in [-0.3, -0.25) is 9.52 Å². The average molecular weight is 549 g/mol. The molecule has 0 atom stereocenters. The number of fused-ring (bicyclic) bond motifs is 1. The lowest BCUT2D eigenvalue weighted by molar-refractivity contribution is 0.103. The van der Waals surface area contributed by atoms with Gasteiger partial charge in [-0.25, -0.2) is 35.3 Å². The number of pyridine rings is 1. The molecule has 0 aliphatic rings. The van der Waals surface area contributed by atoms with Crippen LogP contribution in [0.15, 0.2) is 59.8 Å². The van der Waals surface area contributed by atoms with E-state index in [1.165, 1.54) is 31.6 Å². The number of carbonyl (C=O) groups is 1. The second-order valence-electron chi connectivity index (χ2n) is 8.09. The minimum atomic E-state index is -3.89. The molecule has 4 aromatic rings. The van der Waals surface area contributed by atoms with Crippen LogP contribution in [0, 0.1) is 11.6 Å². The number of nitrogens with one attached hydrogen (secondary N) is 3. The monoisotopic (exact) mass is 548 g/mol. The molecule has 37 heavy (non-hydrogen) atoms. The summed E-state index contributed by atoms with van der Waals surface area (Å²) < 4.78 is 82.7. The largest absolute Gasteiger partial charge is 0.345 e. The van der Waals surface area contributed by atoms with Crippen molar-refractivity contribution in [3.8, 4) is 11.1 Å². The van der Waals surface area contributed by atoms with Gasteiger partial charge in [0.2, 0.25) is 25.8 Å². The van der Waals surface area contributed by atoms with Gasteiger partial charge in [0, 0.05) is 28.9 Å². The van der Waals surface area contributed by atoms with Gasteiger partial charge in [0.05, 0.1) is 21.9 Å². The molecule has 2 heterocycles. The Morgan fingerprint density at radius 1 is 1.05 bits per heavy atom. The van der Waals surface area contributed by atoms with Gasteiger partial charge in [-0.05, 0) is 49.4 Å². The first-order chi connectivity index (χ1) is 17.5. The van der Waals surface area contributed by atoms with E-state index >= 15 is 4.39 Å². The van der Waals surface area contributed by atoms with Crippen molar-refractivity contribution in [2.24, 2.45) is 0 Å². The van der Waals surface area contributed by atoms with Crippen molar-refractivity contribution < 1.29 is 30.4 Å². The highest BCUT2D eigenvalue weighted by atomic mass is 32.2. The number of sulfonamides is 2. The Hall–Kier alpha value is -3.68. The number of aromatic nitrogens is 2. The summed E-state index contributed by atoms with van der Waals surface area (Å²) in [5, 5.41) is 0.236. The van der Waals surface area contributed by atoms with Crippen molar-refractivity contribution in [2.45, 2.75) is 18.2 Å². The van der Waals surface area contributed by atoms with Crippen LogP contribution < -0.4 is 9.44 Å². The van der Waals surface area contributed by atoms with Gasteiger partial charge in [0.25, 0.3) is 0 Å². The number of ketones is 1. The molecule has 0 bridgehead atoms. The van der Waals surface area contributed by atoms with Gasteiger partial charge in [-0.1, -0.05) is 19.1 Å². The van der Waals surface area contributed by atoms with Crippen molar-refractivity contribution in [2.75, 3.05) is 17.5 Å². The Morgan fingerprint density at radius 2 is 1.81 bits per heavy atom. The number of H-pyrrole nitrogens is 1. The SMILES string of the molecule is CCCS(=O)(=O)Nc1ccc(F)c(C(=O)c2c[nH]c3ncc(-c4cccc(S(=O)(=O)NC)c4)cc23)c1F. The summed E-state index contributed by atoms with van der Waals surface area (Å²) in [7, 11) is -6.31. The molecule has 2 aromatic heterocycles. The molecule has 0 aliphatic heterocycles. The fourth-order valence-corrected chi connectivity index (χ4v) is 5.68. The lowest BCUT2D eigenvalue weighted by atomic mass is 10.00. The molecular weight excluding hydrogens is 526 g/mol. The van der Waals surface area contributed by atoms with Gasteiger partial charge in [-0.15, -0.1) is 0 Å². The highest BCUT2D eigenvalue weighted by Crippen LogP contribution is 2.30. The Morgan fingerprint density at radius 3 is 2.51 bits per heavy atom. The van der Waals surface area contributed by atoms with Crippen LogP contribution in [0.2, 0.25) is 0 Å². The second kappa shape index (κ2) is 10.00. The zero-order valence-corrected chi connectivity index (χ0v) is 21.3. The Balaban J connectivity index is 1.79. The molecule has 0 unspecified atom stereocenters. The summed E-state index contributed by atoms with van der Waals surface area (Å²) in [4.78, 5) is 20.3. The normalized spacial score (nSPS) is 12.1. The molecule has 2 aromatic carbocycles. The van der Waals surface area contributed by atoms with E-state index in [0.29, 0.717) is 11.1 Å². The predicted octanol–water partition coefficient (Wildman–Crippen LogP) is 3.80. The quantitative estimate of drug-likeness (QED) is 0.272. The van der Waals surface area contributed by atoms with Crippen molar-refractivity contribution in [3.63, 3.8) is 0 Å². The molecule has 0 fully saturated rings. The van der Waals surface area contributed by atoms with Gasteiger partial charge >= 0.3 is 0 Å². The minimum Gasteiger partial charge on any atom is -0.345 e. The zero-order valence-electron chi connectivity index (χ0n) is 19.7. The first kappa shape index (κ1) is 26.4. The number of aromatic amines is 1. The fourth-order valence-electron chi connectivity index (χ4n) is 3.77. The van der Waals surface area contributed by atoms with E-state index in [1.54, 1.807) is 25.1 Å². The topological polar surface area (TPSA) is 138 Å². The van der Waals surface area contributed by atoms with Crippen molar-refractivity contribution in [3.05, 3.63) is 77.6 Å². The van der Waals surface area contributed by atoms with Crippen LogP contribution in [0.5, 0.6) is 0 Å². The number of hydrogen-bond acceptors (Lipinski definition) is 6. The first-order valence-corrected chi connectivity index (χ1v) is 14.1. The second-order valence-corrected chi connectivity index (χ2v) is 11.8. The molecule has 0 radical (unpaired) electrons. The number of nitrogens with zero attached hydrogens (tertiary/aromatic N) is 1. The molecule has 0 amide bonds. The number of halogens is 2. The number of benzene rings is 2. The first-order valence-electron chi connectivity index (χ1n) is 11.0. The van der Waals surface area contributed by atoms with E-state index in [4.69, 9.17) is 0 Å². The van der Waals surface area contributed by atoms with E-state index in [1.807, 2.05) is 4.72 Å². The molecule has 0 saturated carbocycles. The van der Waals surface area contributed by atoms with Crippen molar-refractivity contribution >= 4 is 42.6 Å². The van der Waals surface area contributed by atoms with Gasteiger partial charge in [0.15, 0.2) is 5.82 Å². The van der Waals surface area contributed by atoms with Crippen LogP contribution in [0.25, 0.3) is 22.2 Å². The van der Waals surface area contributed by atoms with E-state index in [0.717, 1.165) is 12.1 Å². The molecular formula is C24H22F2N4O5S2. The molecule has 194 valence electrons. The number of hydrogen-bond donors (Lipinski definition) is 3. The Bertz CT molecular complexity index is 1740. The highest BCUT2D eigenvalue weighted by Gasteiger charge is 2.26. The van der Waals surface area contributed by atoms with Crippen LogP contribution in [0.4, 0.5) is 14.5 Å². The molecule has 0 saturated heterocycles. The molecule has 9 nitrogen and oxygen atoms in total. The van der Waals surface area contributed by atoms with E-state index in [9.17, 15) is 26.0 Å². The molecule has 0 spiro atoms. The maximum absolute atomic E-state index is 15.2. The summed E-state index contributed by atoms with van der Waals surface area (Å²) >= 11 is 0. The average Bonchev–Trinajstić information content (AvgIpc) is 3.29. The summed E-state index contributed by atoms with van der Waals surface area (Å²) in [6.45, 7) is 1.63. The number of carbonyl (C=O) groups excluding carboxylic acids is 1. The smallest absolute Gasteiger partial charge is 0.240 e. The summed E-state index contributed by atoms with van der Waals surface area (Å²) in [5.74, 6) is -3.80. The van der Waals surface area contributed by atoms with Gasteiger partial charge < -0.3 is 4.98 Å². The van der Waals surface area contributed by atoms with Crippen molar-refractivity contribution in [1.29, 1.82) is 0 Å². The lowest BCUT2D eigenvalue weighted by Gasteiger charge is -2.11. The van der Waals surface area contributed by atoms with Crippen LogP contribution >= 0.6 is 0 Å². The Kier molecular flexibility index (Phi) is 7.13.